The average molecular weight is 1200 g/mol. The Hall–Kier alpha value is -9.00. The first-order chi connectivity index (χ1) is 41.5. The number of aromatic amines is 3. The molecule has 22 nitrogen and oxygen atoms in total. The molecule has 0 aliphatic carbocycles. The van der Waals surface area contributed by atoms with Crippen LogP contribution in [0.15, 0.2) is 87.4 Å². The molecule has 8 aromatic heterocycles. The van der Waals surface area contributed by atoms with Crippen molar-refractivity contribution < 1.29 is 46.6 Å². The van der Waals surface area contributed by atoms with Gasteiger partial charge in [-0.05, 0) is 181 Å². The molecule has 6 N–H and O–H groups in total. The third-order valence-electron chi connectivity index (χ3n) is 16.8. The number of hydrogen-bond donors (Lipinski definition) is 5. The summed E-state index contributed by atoms with van der Waals surface area (Å²) in [6, 6.07) is 14.4. The van der Waals surface area contributed by atoms with E-state index in [2.05, 4.69) is 55.3 Å². The fraction of sp³-hybridized carbons (Fsp3) is 0.400. The van der Waals surface area contributed by atoms with Gasteiger partial charge in [-0.15, -0.1) is 0 Å². The number of carbonyl (C=O) groups is 4. The zero-order valence-corrected chi connectivity index (χ0v) is 48.2. The highest BCUT2D eigenvalue weighted by Crippen LogP contribution is 2.38. The van der Waals surface area contributed by atoms with Crippen molar-refractivity contribution in [2.24, 2.45) is 16.8 Å². The molecule has 0 aromatic carbocycles. The molecule has 8 aromatic rings. The van der Waals surface area contributed by atoms with Gasteiger partial charge in [-0.1, -0.05) is 15.5 Å². The maximum atomic E-state index is 13.5. The molecule has 26 heteroatoms. The van der Waals surface area contributed by atoms with Crippen LogP contribution in [-0.2, 0) is 24.1 Å². The normalized spacial score (nSPS) is 21.6. The molecule has 6 aliphatic heterocycles. The van der Waals surface area contributed by atoms with Crippen LogP contribution >= 0.6 is 11.6 Å². The number of pyridine rings is 3. The van der Waals surface area contributed by atoms with Gasteiger partial charge in [0.1, 0.15) is 0 Å². The topological polar surface area (TPSA) is 300 Å². The van der Waals surface area contributed by atoms with Crippen LogP contribution < -0.4 is 5.73 Å². The van der Waals surface area contributed by atoms with Crippen molar-refractivity contribution in [2.45, 2.75) is 128 Å². The van der Waals surface area contributed by atoms with Crippen molar-refractivity contribution in [1.29, 1.82) is 0 Å². The largest absolute Gasteiger partial charge is 0.409 e. The van der Waals surface area contributed by atoms with Gasteiger partial charge in [0.05, 0.1) is 68.6 Å². The van der Waals surface area contributed by atoms with Crippen molar-refractivity contribution in [2.75, 3.05) is 19.6 Å². The third kappa shape index (κ3) is 12.8. The minimum atomic E-state index is -0.565. The lowest BCUT2D eigenvalue weighted by Crippen LogP contribution is -2.47. The number of halogens is 4. The number of carbonyl (C=O) groups excluding carboxylic acids is 4. The molecule has 0 saturated carbocycles. The average Bonchev–Trinajstić information content (AvgIpc) is 3.96. The van der Waals surface area contributed by atoms with Crippen LogP contribution in [0.4, 0.5) is 13.2 Å². The number of amides is 3. The van der Waals surface area contributed by atoms with E-state index in [1.54, 1.807) is 29.3 Å². The van der Waals surface area contributed by atoms with E-state index in [0.29, 0.717) is 108 Å². The molecule has 3 saturated heterocycles. The van der Waals surface area contributed by atoms with Crippen molar-refractivity contribution >= 4 is 40.4 Å². The molecule has 3 amide bonds. The number of aryl methyl sites for hydroxylation is 6. The summed E-state index contributed by atoms with van der Waals surface area (Å²) in [4.78, 5) is 85.4. The molecule has 2 unspecified atom stereocenters. The second-order valence-electron chi connectivity index (χ2n) is 22.6. The molecule has 0 radical (unpaired) electrons. The number of nitrogens with two attached hydrogens (primary N) is 1. The van der Waals surface area contributed by atoms with E-state index in [9.17, 15) is 32.3 Å². The van der Waals surface area contributed by atoms with Crippen molar-refractivity contribution in [3.63, 3.8) is 0 Å². The highest BCUT2D eigenvalue weighted by Gasteiger charge is 2.41. The standard InChI is InChI=1S/2C20H20FN5O2.C14H14ClFN2O2.C6H9N3O/c2*1-11-8-16(22-9-11)18-24-19(28-25-18)12-2-3-13-4-6-15-14(5-7-17(21)23-15)20(27)26(13)10-12;15-13(19)8-1-2-9-3-5-11-10(4-6-12(16)17-11)14(20)18(9)7-8;1-4-2-5(8-3-4)6(7)9-10/h2*5,7-9,12-13,22H,2-4,6,10H2,1H3;4,6,8-9H,1-3,5,7H2;2-3,8,10H,1H3,(H2,7,9)/t2*12-,13-;;/m10../s1. The number of hydrogen-bond acceptors (Lipinski definition) is 15. The third-order valence-corrected chi connectivity index (χ3v) is 17.1. The van der Waals surface area contributed by atoms with Gasteiger partial charge in [0.25, 0.3) is 17.7 Å². The summed E-state index contributed by atoms with van der Waals surface area (Å²) < 4.78 is 51.2. The van der Waals surface area contributed by atoms with Crippen LogP contribution in [0.25, 0.3) is 23.0 Å². The Labute approximate surface area is 496 Å². The highest BCUT2D eigenvalue weighted by molar-refractivity contribution is 6.64. The summed E-state index contributed by atoms with van der Waals surface area (Å²) in [6.07, 6.45) is 14.6. The zero-order chi connectivity index (χ0) is 60.3. The quantitative estimate of drug-likeness (QED) is 0.0259. The number of rotatable bonds is 6. The Kier molecular flexibility index (Phi) is 17.3. The molecular weight excluding hydrogens is 1140 g/mol. The van der Waals surface area contributed by atoms with E-state index in [0.717, 1.165) is 79.4 Å². The van der Waals surface area contributed by atoms with Crippen LogP contribution in [0.5, 0.6) is 0 Å². The predicted octanol–water partition coefficient (Wildman–Crippen LogP) is 9.05. The van der Waals surface area contributed by atoms with Crippen molar-refractivity contribution in [1.82, 2.24) is 64.9 Å². The maximum absolute atomic E-state index is 13.5. The van der Waals surface area contributed by atoms with Crippen molar-refractivity contribution in [3.8, 4) is 23.0 Å². The van der Waals surface area contributed by atoms with Crippen LogP contribution in [0.2, 0.25) is 0 Å². The summed E-state index contributed by atoms with van der Waals surface area (Å²) in [5.74, 6) is -0.0451. The van der Waals surface area contributed by atoms with Gasteiger partial charge in [-0.2, -0.15) is 23.1 Å². The summed E-state index contributed by atoms with van der Waals surface area (Å²) in [5.41, 5.74) is 13.9. The lowest BCUT2D eigenvalue weighted by molar-refractivity contribution is -0.116. The van der Waals surface area contributed by atoms with E-state index < -0.39 is 23.1 Å². The first-order valence-corrected chi connectivity index (χ1v) is 29.0. The monoisotopic (exact) mass is 1200 g/mol. The number of nitrogens with one attached hydrogen (secondary N) is 3. The zero-order valence-electron chi connectivity index (χ0n) is 47.4. The molecule has 6 aliphatic rings. The van der Waals surface area contributed by atoms with Gasteiger partial charge in [0.2, 0.25) is 46.5 Å². The Morgan fingerprint density at radius 1 is 0.570 bits per heavy atom. The fourth-order valence-electron chi connectivity index (χ4n) is 12.3. The summed E-state index contributed by atoms with van der Waals surface area (Å²) in [6.45, 7) is 7.29. The van der Waals surface area contributed by atoms with E-state index >= 15 is 0 Å². The summed E-state index contributed by atoms with van der Waals surface area (Å²) in [5, 5.41) is 18.9. The van der Waals surface area contributed by atoms with Crippen LogP contribution in [-0.4, -0.2) is 137 Å². The molecule has 14 heterocycles. The van der Waals surface area contributed by atoms with Gasteiger partial charge >= 0.3 is 0 Å². The Morgan fingerprint density at radius 3 is 1.34 bits per heavy atom. The minimum absolute atomic E-state index is 0.00698. The van der Waals surface area contributed by atoms with Crippen LogP contribution in [0, 0.1) is 44.5 Å². The molecular formula is C60H63ClF3N15O7. The molecule has 6 atom stereocenters. The number of fused-ring (bicyclic) bond motifs is 6. The number of oxime groups is 1. The molecule has 0 bridgehead atoms. The van der Waals surface area contributed by atoms with E-state index in [4.69, 9.17) is 31.6 Å². The van der Waals surface area contributed by atoms with Gasteiger partial charge < -0.3 is 49.6 Å². The molecule has 3 fully saturated rings. The lowest BCUT2D eigenvalue weighted by atomic mass is 9.91. The summed E-state index contributed by atoms with van der Waals surface area (Å²) >= 11 is 5.56. The maximum Gasteiger partial charge on any atom is 0.255 e. The van der Waals surface area contributed by atoms with Crippen molar-refractivity contribution in [3.05, 3.63) is 159 Å². The van der Waals surface area contributed by atoms with Gasteiger partial charge in [0, 0.05) is 56.4 Å². The predicted molar refractivity (Wildman–Crippen MR) is 305 cm³/mol. The highest BCUT2D eigenvalue weighted by atomic mass is 35.5. The Bertz CT molecular complexity index is 3670. The van der Waals surface area contributed by atoms with Crippen LogP contribution in [0.3, 0.4) is 0 Å². The first-order valence-electron chi connectivity index (χ1n) is 28.7. The number of piperidine rings is 3. The fourth-order valence-corrected chi connectivity index (χ4v) is 12.4. The molecule has 86 heavy (non-hydrogen) atoms. The Morgan fingerprint density at radius 2 is 0.965 bits per heavy atom. The lowest BCUT2D eigenvalue weighted by Gasteiger charge is -2.37. The summed E-state index contributed by atoms with van der Waals surface area (Å²) in [7, 11) is 0. The van der Waals surface area contributed by atoms with Gasteiger partial charge in [-0.25, -0.2) is 15.0 Å². The van der Waals surface area contributed by atoms with E-state index in [1.807, 2.05) is 55.1 Å². The van der Waals surface area contributed by atoms with Gasteiger partial charge in [0.15, 0.2) is 5.84 Å². The minimum Gasteiger partial charge on any atom is -0.409 e. The molecule has 0 spiro atoms. The number of aromatic nitrogens is 10. The van der Waals surface area contributed by atoms with E-state index in [1.165, 1.54) is 24.3 Å². The first kappa shape index (κ1) is 58.8. The number of amidine groups is 1. The molecule has 448 valence electrons. The van der Waals surface area contributed by atoms with Gasteiger partial charge in [-0.3, -0.25) is 19.2 Å². The smallest absolute Gasteiger partial charge is 0.255 e. The molecule has 14 rings (SSSR count). The second-order valence-corrected chi connectivity index (χ2v) is 23.0. The van der Waals surface area contributed by atoms with Crippen LogP contribution in [0.1, 0.15) is 152 Å². The van der Waals surface area contributed by atoms with E-state index in [-0.39, 0.29) is 59.4 Å². The Balaban J connectivity index is 0.000000125. The SMILES string of the molecule is Cc1c[nH]c(-c2noc([C@@H]3CC[C@@H]4CCc5nc(F)ccc5C(=O)N4C3)n2)c1.Cc1c[nH]c(-c2noc([C@H]3CC[C@H]4CCc5nc(F)ccc5C(=O)N4C3)n2)c1.Cc1c[nH]c(/C(N)=N/O)c1.O=C(Cl)C1CCC2CCc3nc(F)ccc3C(=O)N2C1. The number of H-pyrrole nitrogens is 3. The number of nitrogens with zero attached hydrogens (tertiary/aromatic N) is 11. The second kappa shape index (κ2) is 25.3.